The first-order chi connectivity index (χ1) is 13.0. The van der Waals surface area contributed by atoms with Crippen LogP contribution in [0.5, 0.6) is 0 Å². The molecule has 0 bridgehead atoms. The first kappa shape index (κ1) is 18.9. The zero-order valence-electron chi connectivity index (χ0n) is 15.8. The number of hydrogen-bond donors (Lipinski definition) is 3. The van der Waals surface area contributed by atoms with Gasteiger partial charge < -0.3 is 11.1 Å². The Kier molecular flexibility index (Phi) is 6.04. The summed E-state index contributed by atoms with van der Waals surface area (Å²) in [6, 6.07) is 18.3. The van der Waals surface area contributed by atoms with E-state index in [1.54, 1.807) is 6.20 Å². The van der Waals surface area contributed by atoms with Crippen molar-refractivity contribution in [1.82, 2.24) is 15.5 Å². The van der Waals surface area contributed by atoms with Crippen molar-refractivity contribution in [3.05, 3.63) is 66.4 Å². The average Bonchev–Trinajstić information content (AvgIpc) is 3.14. The molecule has 4 N–H and O–H groups in total. The number of primary amides is 1. The Morgan fingerprint density at radius 1 is 1.04 bits per heavy atom. The fourth-order valence-electron chi connectivity index (χ4n) is 3.16. The van der Waals surface area contributed by atoms with Gasteiger partial charge in [0.1, 0.15) is 0 Å². The highest BCUT2D eigenvalue weighted by atomic mass is 16.1. The number of benzene rings is 2. The molecule has 5 nitrogen and oxygen atoms in total. The van der Waals surface area contributed by atoms with Crippen LogP contribution in [0.25, 0.3) is 22.4 Å². The molecule has 1 aromatic heterocycles. The Morgan fingerprint density at radius 2 is 1.67 bits per heavy atom. The van der Waals surface area contributed by atoms with Crippen LogP contribution in [0, 0.1) is 5.92 Å². The van der Waals surface area contributed by atoms with E-state index in [1.807, 2.05) is 18.2 Å². The lowest BCUT2D eigenvalue weighted by Gasteiger charge is -2.17. The second-order valence-corrected chi connectivity index (χ2v) is 7.18. The lowest BCUT2D eigenvalue weighted by atomic mass is 10.0. The van der Waals surface area contributed by atoms with Gasteiger partial charge in [0.15, 0.2) is 0 Å². The fraction of sp³-hybridized carbons (Fsp3) is 0.273. The number of carbonyl (C=O) groups is 1. The van der Waals surface area contributed by atoms with Crippen molar-refractivity contribution >= 4 is 5.91 Å². The van der Waals surface area contributed by atoms with Gasteiger partial charge in [-0.1, -0.05) is 68.4 Å². The Morgan fingerprint density at radius 3 is 2.30 bits per heavy atom. The van der Waals surface area contributed by atoms with Crippen LogP contribution in [-0.4, -0.2) is 22.1 Å². The van der Waals surface area contributed by atoms with E-state index in [0.29, 0.717) is 18.9 Å². The summed E-state index contributed by atoms with van der Waals surface area (Å²) >= 11 is 0. The number of amides is 1. The molecule has 0 aliphatic carbocycles. The third-order valence-corrected chi connectivity index (χ3v) is 4.59. The Balaban J connectivity index is 1.74. The van der Waals surface area contributed by atoms with Gasteiger partial charge in [-0.05, 0) is 29.0 Å². The third-order valence-electron chi connectivity index (χ3n) is 4.59. The number of nitrogens with two attached hydrogens (primary N) is 1. The molecular weight excluding hydrogens is 336 g/mol. The fourth-order valence-corrected chi connectivity index (χ4v) is 3.16. The highest BCUT2D eigenvalue weighted by Crippen LogP contribution is 2.25. The molecule has 0 fully saturated rings. The zero-order chi connectivity index (χ0) is 19.2. The number of nitrogens with one attached hydrogen (secondary N) is 2. The lowest BCUT2D eigenvalue weighted by molar-refractivity contribution is -0.120. The number of aromatic amines is 1. The molecular formula is C22H26N4O. The molecule has 0 saturated heterocycles. The van der Waals surface area contributed by atoms with Gasteiger partial charge in [0.05, 0.1) is 17.9 Å². The number of aromatic nitrogens is 2. The average molecular weight is 362 g/mol. The molecule has 1 amide bonds. The van der Waals surface area contributed by atoms with Gasteiger partial charge in [0.25, 0.3) is 0 Å². The summed E-state index contributed by atoms with van der Waals surface area (Å²) in [5, 5.41) is 10.5. The summed E-state index contributed by atoms with van der Waals surface area (Å²) in [6.45, 7) is 4.69. The summed E-state index contributed by atoms with van der Waals surface area (Å²) in [7, 11) is 0. The van der Waals surface area contributed by atoms with Crippen LogP contribution in [0.4, 0.5) is 0 Å². The summed E-state index contributed by atoms with van der Waals surface area (Å²) in [5.41, 5.74) is 10.9. The normalized spacial score (nSPS) is 12.3. The van der Waals surface area contributed by atoms with E-state index < -0.39 is 0 Å². The molecule has 2 aromatic carbocycles. The summed E-state index contributed by atoms with van der Waals surface area (Å²) in [6.07, 6.45) is 2.51. The van der Waals surface area contributed by atoms with Gasteiger partial charge in [-0.2, -0.15) is 5.10 Å². The van der Waals surface area contributed by atoms with E-state index in [1.165, 1.54) is 11.1 Å². The van der Waals surface area contributed by atoms with E-state index in [2.05, 4.69) is 65.8 Å². The van der Waals surface area contributed by atoms with Crippen molar-refractivity contribution in [2.45, 2.75) is 32.9 Å². The van der Waals surface area contributed by atoms with E-state index >= 15 is 0 Å². The van der Waals surface area contributed by atoms with E-state index in [0.717, 1.165) is 16.8 Å². The molecule has 0 aliphatic rings. The predicted octanol–water partition coefficient (Wildman–Crippen LogP) is 3.73. The summed E-state index contributed by atoms with van der Waals surface area (Å²) in [5.74, 6) is 0.0744. The smallest absolute Gasteiger partial charge is 0.234 e. The number of hydrogen-bond acceptors (Lipinski definition) is 3. The Labute approximate surface area is 160 Å². The van der Waals surface area contributed by atoms with Crippen LogP contribution in [0.3, 0.4) is 0 Å². The summed E-state index contributed by atoms with van der Waals surface area (Å²) in [4.78, 5) is 11.7. The number of carbonyl (C=O) groups excluding carboxylic acids is 1. The second kappa shape index (κ2) is 8.64. The van der Waals surface area contributed by atoms with Crippen LogP contribution >= 0.6 is 0 Å². The van der Waals surface area contributed by atoms with Crippen molar-refractivity contribution < 1.29 is 4.79 Å². The molecule has 27 heavy (non-hydrogen) atoms. The molecule has 1 atom stereocenters. The van der Waals surface area contributed by atoms with Gasteiger partial charge in [0.2, 0.25) is 5.91 Å². The molecule has 3 aromatic rings. The first-order valence-electron chi connectivity index (χ1n) is 9.25. The van der Waals surface area contributed by atoms with Gasteiger partial charge >= 0.3 is 0 Å². The van der Waals surface area contributed by atoms with Crippen LogP contribution in [0.15, 0.2) is 60.8 Å². The van der Waals surface area contributed by atoms with Gasteiger partial charge in [-0.15, -0.1) is 0 Å². The predicted molar refractivity (Wildman–Crippen MR) is 109 cm³/mol. The van der Waals surface area contributed by atoms with Crippen molar-refractivity contribution in [2.24, 2.45) is 11.7 Å². The number of H-pyrrole nitrogens is 1. The Bertz CT molecular complexity index is 869. The van der Waals surface area contributed by atoms with Crippen molar-refractivity contribution in [3.8, 4) is 22.4 Å². The lowest BCUT2D eigenvalue weighted by Crippen LogP contribution is -2.41. The standard InChI is InChI=1S/C22H26N4O/c1-15(2)12-20(22(23)27)24-13-19-14-25-26-21(19)18-10-8-17(9-11-18)16-6-4-3-5-7-16/h3-11,14-15,20,24H,12-13H2,1-2H3,(H2,23,27)(H,25,26)/t20-/m0/s1. The van der Waals surface area contributed by atoms with Gasteiger partial charge in [-0.25, -0.2) is 0 Å². The van der Waals surface area contributed by atoms with Gasteiger partial charge in [0, 0.05) is 12.1 Å². The van der Waals surface area contributed by atoms with E-state index in [-0.39, 0.29) is 11.9 Å². The highest BCUT2D eigenvalue weighted by Gasteiger charge is 2.17. The van der Waals surface area contributed by atoms with Crippen LogP contribution < -0.4 is 11.1 Å². The molecule has 0 aliphatic heterocycles. The van der Waals surface area contributed by atoms with E-state index in [9.17, 15) is 4.79 Å². The molecule has 1 heterocycles. The zero-order valence-corrected chi connectivity index (χ0v) is 15.8. The van der Waals surface area contributed by atoms with E-state index in [4.69, 9.17) is 5.73 Å². The molecule has 0 saturated carbocycles. The molecule has 140 valence electrons. The maximum atomic E-state index is 11.7. The van der Waals surface area contributed by atoms with Crippen LogP contribution in [0.1, 0.15) is 25.8 Å². The van der Waals surface area contributed by atoms with Crippen molar-refractivity contribution in [1.29, 1.82) is 0 Å². The highest BCUT2D eigenvalue weighted by molar-refractivity contribution is 5.79. The molecule has 5 heteroatoms. The Hall–Kier alpha value is -2.92. The topological polar surface area (TPSA) is 83.8 Å². The molecule has 3 rings (SSSR count). The van der Waals surface area contributed by atoms with Crippen LogP contribution in [0.2, 0.25) is 0 Å². The maximum Gasteiger partial charge on any atom is 0.234 e. The maximum absolute atomic E-state index is 11.7. The van der Waals surface area contributed by atoms with Crippen molar-refractivity contribution in [2.75, 3.05) is 0 Å². The minimum absolute atomic E-state index is 0.319. The molecule has 0 radical (unpaired) electrons. The first-order valence-corrected chi connectivity index (χ1v) is 9.25. The third kappa shape index (κ3) is 4.83. The minimum Gasteiger partial charge on any atom is -0.368 e. The number of rotatable bonds is 8. The monoisotopic (exact) mass is 362 g/mol. The van der Waals surface area contributed by atoms with Crippen molar-refractivity contribution in [3.63, 3.8) is 0 Å². The summed E-state index contributed by atoms with van der Waals surface area (Å²) < 4.78 is 0. The second-order valence-electron chi connectivity index (χ2n) is 7.18. The largest absolute Gasteiger partial charge is 0.368 e. The van der Waals surface area contributed by atoms with Crippen LogP contribution in [-0.2, 0) is 11.3 Å². The molecule has 0 spiro atoms. The minimum atomic E-state index is -0.340. The molecule has 0 unspecified atom stereocenters. The SMILES string of the molecule is CC(C)C[C@H](NCc1cn[nH]c1-c1ccc(-c2ccccc2)cc1)C(N)=O. The quantitative estimate of drug-likeness (QED) is 0.571. The number of nitrogens with zero attached hydrogens (tertiary/aromatic N) is 1. The van der Waals surface area contributed by atoms with Gasteiger partial charge in [-0.3, -0.25) is 9.89 Å².